The van der Waals surface area contributed by atoms with Gasteiger partial charge in [0, 0.05) is 16.2 Å². The van der Waals surface area contributed by atoms with E-state index in [2.05, 4.69) is 6.07 Å². The lowest BCUT2D eigenvalue weighted by molar-refractivity contribution is 0.615. The molecule has 2 nitrogen and oxygen atoms in total. The summed E-state index contributed by atoms with van der Waals surface area (Å²) in [6, 6.07) is 25.3. The summed E-state index contributed by atoms with van der Waals surface area (Å²) in [5.41, 5.74) is 5.85. The Morgan fingerprint density at radius 3 is 1.64 bits per heavy atom. The first-order chi connectivity index (χ1) is 24.2. The zero-order valence-electron chi connectivity index (χ0n) is 30.1. The summed E-state index contributed by atoms with van der Waals surface area (Å²) in [5.74, 6) is 0. The lowest BCUT2D eigenvalue weighted by atomic mass is 9.86. The molecule has 0 amide bonds. The van der Waals surface area contributed by atoms with Gasteiger partial charge in [-0.05, 0) is 85.3 Å². The predicted molar refractivity (Wildman–Crippen MR) is 175 cm³/mol. The van der Waals surface area contributed by atoms with E-state index < -0.39 is 24.2 Å². The summed E-state index contributed by atoms with van der Waals surface area (Å²) in [6.07, 6.45) is 1.66. The van der Waals surface area contributed by atoms with Gasteiger partial charge in [-0.15, -0.1) is 0 Å². The molecule has 2 heteroatoms. The normalized spacial score (nSPS) is 14.5. The van der Waals surface area contributed by atoms with Crippen molar-refractivity contribution < 1.29 is 19.8 Å². The van der Waals surface area contributed by atoms with Crippen LogP contribution in [0.25, 0.3) is 87.8 Å². The summed E-state index contributed by atoms with van der Waals surface area (Å²) in [6.45, 7) is 0. The smallest absolute Gasteiger partial charge is 0.136 e. The highest BCUT2D eigenvalue weighted by molar-refractivity contribution is 6.21. The first kappa shape index (κ1) is 16.6. The van der Waals surface area contributed by atoms with Crippen molar-refractivity contribution in [2.45, 2.75) is 0 Å². The van der Waals surface area contributed by atoms with Crippen molar-refractivity contribution in [3.63, 3.8) is 0 Å². The monoisotopic (exact) mass is 544 g/mol. The van der Waals surface area contributed by atoms with Crippen molar-refractivity contribution in [2.75, 3.05) is 0 Å². The van der Waals surface area contributed by atoms with Crippen LogP contribution in [0, 0.1) is 0 Å². The third-order valence-corrected chi connectivity index (χ3v) is 8.01. The standard InChI is InChI=1S/C40H24O2/c1-2-8-26(9-3-1)38-29-10-4-6-12-31(29)39(32-13-7-5-11-30(32)38)27-16-14-25(15-17-27)28-18-19-36-34(24-28)40-33-22-23-41-35(33)20-21-37(40)42-36/h1-24H/i4D,5D,6D,7D,10D,11D,12D,13D. The average Bonchev–Trinajstić information content (AvgIpc) is 3.78. The topological polar surface area (TPSA) is 26.3 Å². The van der Waals surface area contributed by atoms with Crippen molar-refractivity contribution in [3.05, 3.63) is 146 Å². The van der Waals surface area contributed by atoms with Gasteiger partial charge in [0.25, 0.3) is 0 Å². The molecule has 0 bridgehead atoms. The second-order valence-electron chi connectivity index (χ2n) is 10.3. The van der Waals surface area contributed by atoms with E-state index in [-0.39, 0.29) is 45.7 Å². The summed E-state index contributed by atoms with van der Waals surface area (Å²) in [4.78, 5) is 0. The molecule has 0 saturated carbocycles. The highest BCUT2D eigenvalue weighted by Gasteiger charge is 2.17. The number of hydrogen-bond donors (Lipinski definition) is 0. The van der Waals surface area contributed by atoms with Crippen molar-refractivity contribution in [1.82, 2.24) is 0 Å². The van der Waals surface area contributed by atoms with Gasteiger partial charge in [0.15, 0.2) is 0 Å². The molecule has 0 unspecified atom stereocenters. The molecule has 0 atom stereocenters. The van der Waals surface area contributed by atoms with Gasteiger partial charge in [-0.25, -0.2) is 0 Å². The van der Waals surface area contributed by atoms with Gasteiger partial charge >= 0.3 is 0 Å². The van der Waals surface area contributed by atoms with Gasteiger partial charge in [0.2, 0.25) is 0 Å². The van der Waals surface area contributed by atoms with E-state index in [0.29, 0.717) is 22.3 Å². The Bertz CT molecular complexity index is 2810. The average molecular weight is 545 g/mol. The molecule has 0 radical (unpaired) electrons. The fourth-order valence-corrected chi connectivity index (χ4v) is 6.14. The highest BCUT2D eigenvalue weighted by Crippen LogP contribution is 2.44. The van der Waals surface area contributed by atoms with Crippen LogP contribution in [0.3, 0.4) is 0 Å². The van der Waals surface area contributed by atoms with Gasteiger partial charge in [-0.1, -0.05) is 109 Å². The zero-order valence-corrected chi connectivity index (χ0v) is 22.1. The molecule has 0 N–H and O–H groups in total. The molecule has 0 aliphatic heterocycles. The maximum Gasteiger partial charge on any atom is 0.136 e. The number of rotatable bonds is 3. The van der Waals surface area contributed by atoms with Crippen LogP contribution in [-0.2, 0) is 0 Å². The minimum absolute atomic E-state index is 0.190. The van der Waals surface area contributed by atoms with Crippen LogP contribution in [0.1, 0.15) is 11.0 Å². The van der Waals surface area contributed by atoms with Crippen molar-refractivity contribution in [1.29, 1.82) is 0 Å². The van der Waals surface area contributed by atoms with Gasteiger partial charge in [-0.3, -0.25) is 0 Å². The Morgan fingerprint density at radius 2 is 0.976 bits per heavy atom. The molecular weight excluding hydrogens is 512 g/mol. The molecule has 0 aliphatic carbocycles. The fraction of sp³-hybridized carbons (Fsp3) is 0. The molecule has 0 aliphatic rings. The summed E-state index contributed by atoms with van der Waals surface area (Å²) >= 11 is 0. The number of fused-ring (bicyclic) bond motifs is 7. The molecule has 9 rings (SSSR count). The number of benzene rings is 7. The molecule has 196 valence electrons. The van der Waals surface area contributed by atoms with Crippen molar-refractivity contribution >= 4 is 54.5 Å². The van der Waals surface area contributed by atoms with Gasteiger partial charge in [0.1, 0.15) is 16.7 Å². The Hall–Kier alpha value is -5.60. The minimum atomic E-state index is -0.424. The van der Waals surface area contributed by atoms with E-state index in [4.69, 9.17) is 19.8 Å². The molecule has 0 spiro atoms. The summed E-state index contributed by atoms with van der Waals surface area (Å²) < 4.78 is 82.5. The van der Waals surface area contributed by atoms with Gasteiger partial charge < -0.3 is 8.83 Å². The maximum absolute atomic E-state index is 9.12. The zero-order chi connectivity index (χ0) is 34.6. The van der Waals surface area contributed by atoms with Crippen LogP contribution in [0.5, 0.6) is 0 Å². The fourth-order valence-electron chi connectivity index (χ4n) is 6.14. The summed E-state index contributed by atoms with van der Waals surface area (Å²) in [5, 5.41) is 3.63. The van der Waals surface area contributed by atoms with E-state index in [1.165, 1.54) is 0 Å². The summed E-state index contributed by atoms with van der Waals surface area (Å²) in [7, 11) is 0. The van der Waals surface area contributed by atoms with Crippen LogP contribution in [-0.4, -0.2) is 0 Å². The maximum atomic E-state index is 9.12. The molecule has 0 fully saturated rings. The van der Waals surface area contributed by atoms with Gasteiger partial charge in [0.05, 0.1) is 17.2 Å². The Kier molecular flexibility index (Phi) is 3.54. The predicted octanol–water partition coefficient (Wildman–Crippen LogP) is 11.6. The van der Waals surface area contributed by atoms with Crippen LogP contribution in [0.2, 0.25) is 0 Å². The molecule has 0 saturated heterocycles. The van der Waals surface area contributed by atoms with E-state index in [9.17, 15) is 0 Å². The van der Waals surface area contributed by atoms with Crippen LogP contribution < -0.4 is 0 Å². The van der Waals surface area contributed by atoms with E-state index in [1.807, 2.05) is 60.7 Å². The van der Waals surface area contributed by atoms with E-state index in [0.717, 1.165) is 44.0 Å². The molecular formula is C40H24O2. The van der Waals surface area contributed by atoms with Crippen LogP contribution >= 0.6 is 0 Å². The van der Waals surface area contributed by atoms with Gasteiger partial charge in [-0.2, -0.15) is 0 Å². The highest BCUT2D eigenvalue weighted by atomic mass is 16.3. The molecule has 9 aromatic rings. The largest absolute Gasteiger partial charge is 0.464 e. The first-order valence-electron chi connectivity index (χ1n) is 17.6. The lowest BCUT2D eigenvalue weighted by Crippen LogP contribution is -1.90. The number of hydrogen-bond acceptors (Lipinski definition) is 2. The molecule has 2 aromatic heterocycles. The van der Waals surface area contributed by atoms with Crippen molar-refractivity contribution in [2.24, 2.45) is 0 Å². The van der Waals surface area contributed by atoms with E-state index >= 15 is 0 Å². The molecule has 2 heterocycles. The van der Waals surface area contributed by atoms with Crippen LogP contribution in [0.15, 0.2) is 154 Å². The minimum Gasteiger partial charge on any atom is -0.464 e. The Morgan fingerprint density at radius 1 is 0.429 bits per heavy atom. The second kappa shape index (κ2) is 8.95. The van der Waals surface area contributed by atoms with Crippen LogP contribution in [0.4, 0.5) is 0 Å². The van der Waals surface area contributed by atoms with Crippen molar-refractivity contribution in [3.8, 4) is 33.4 Å². The second-order valence-corrected chi connectivity index (χ2v) is 10.3. The lowest BCUT2D eigenvalue weighted by Gasteiger charge is -2.18. The van der Waals surface area contributed by atoms with E-state index in [1.54, 1.807) is 30.5 Å². The Balaban J connectivity index is 1.35. The third kappa shape index (κ3) is 3.39. The quantitative estimate of drug-likeness (QED) is 0.207. The Labute approximate surface area is 253 Å². The third-order valence-electron chi connectivity index (χ3n) is 8.01. The number of furan rings is 2. The molecule has 42 heavy (non-hydrogen) atoms. The molecule has 7 aromatic carbocycles. The SMILES string of the molecule is [2H]c1c([2H])c([2H])c2c(-c3ccc(-c4ccc5oc6ccc7occc7c6c5c4)cc3)c3c([2H])c([2H])c([2H])c([2H])c3c(-c3ccccc3)c2c1[2H]. The first-order valence-corrected chi connectivity index (χ1v) is 13.6.